The maximum Gasteiger partial charge on any atom is 0.208 e. The molecule has 3 heteroatoms. The summed E-state index contributed by atoms with van der Waals surface area (Å²) in [5, 5.41) is 0. The van der Waals surface area contributed by atoms with E-state index >= 15 is 0 Å². The molecule has 3 nitrogen and oxygen atoms in total. The molecule has 0 aromatic heterocycles. The zero-order chi connectivity index (χ0) is 12.1. The number of hydrogen-bond donors (Lipinski definition) is 0. The first-order chi connectivity index (χ1) is 8.24. The summed E-state index contributed by atoms with van der Waals surface area (Å²) in [6, 6.07) is 9.81. The van der Waals surface area contributed by atoms with Crippen LogP contribution in [0.3, 0.4) is 0 Å². The molecule has 0 amide bonds. The van der Waals surface area contributed by atoms with Crippen molar-refractivity contribution in [1.82, 2.24) is 0 Å². The number of ketones is 1. The first-order valence-electron chi connectivity index (χ1n) is 5.39. The Morgan fingerprint density at radius 1 is 1.12 bits per heavy atom. The van der Waals surface area contributed by atoms with Gasteiger partial charge in [-0.25, -0.2) is 0 Å². The summed E-state index contributed by atoms with van der Waals surface area (Å²) in [5.41, 5.74) is 1.06. The molecule has 0 N–H and O–H groups in total. The molecule has 88 valence electrons. The Bertz CT molecular complexity index is 430. The predicted molar refractivity (Wildman–Crippen MR) is 64.3 cm³/mol. The van der Waals surface area contributed by atoms with Crippen molar-refractivity contribution in [3.05, 3.63) is 60.2 Å². The van der Waals surface area contributed by atoms with Gasteiger partial charge in [-0.3, -0.25) is 4.79 Å². The first-order valence-corrected chi connectivity index (χ1v) is 5.39. The van der Waals surface area contributed by atoms with Crippen molar-refractivity contribution >= 4 is 5.78 Å². The third-order valence-electron chi connectivity index (χ3n) is 2.59. The third-order valence-corrected chi connectivity index (χ3v) is 2.59. The molecule has 1 aromatic carbocycles. The molecule has 0 aliphatic heterocycles. The fraction of sp³-hybridized carbons (Fsp3) is 0.214. The maximum absolute atomic E-state index is 11.1. The number of benzene rings is 1. The quantitative estimate of drug-likeness (QED) is 0.744. The van der Waals surface area contributed by atoms with Gasteiger partial charge in [-0.1, -0.05) is 30.3 Å². The molecule has 1 aliphatic carbocycles. The number of hydrogen-bond acceptors (Lipinski definition) is 3. The van der Waals surface area contributed by atoms with E-state index in [2.05, 4.69) is 0 Å². The van der Waals surface area contributed by atoms with Crippen LogP contribution in [0.4, 0.5) is 0 Å². The molecule has 1 aromatic rings. The second-order valence-electron chi connectivity index (χ2n) is 3.77. The maximum atomic E-state index is 11.1. The highest BCUT2D eigenvalue weighted by atomic mass is 16.7. The topological polar surface area (TPSA) is 35.5 Å². The number of carbonyl (C=O) groups is 1. The van der Waals surface area contributed by atoms with Gasteiger partial charge in [0.15, 0.2) is 5.78 Å². The molecular formula is C14H14O3. The summed E-state index contributed by atoms with van der Waals surface area (Å²) in [6.07, 6.45) is 6.15. The molecule has 0 spiro atoms. The van der Waals surface area contributed by atoms with Crippen molar-refractivity contribution in [3.63, 3.8) is 0 Å². The Hall–Kier alpha value is -1.71. The number of carbonyl (C=O) groups excluding carboxylic acids is 1. The molecule has 0 saturated carbocycles. The van der Waals surface area contributed by atoms with Crippen molar-refractivity contribution in [2.75, 3.05) is 7.11 Å². The number of methoxy groups -OCH3 is 1. The predicted octanol–water partition coefficient (Wildman–Crippen LogP) is 2.24. The second kappa shape index (κ2) is 5.08. The van der Waals surface area contributed by atoms with Crippen LogP contribution in [0.5, 0.6) is 0 Å². The summed E-state index contributed by atoms with van der Waals surface area (Å²) >= 11 is 0. The minimum absolute atomic E-state index is 0.0546. The molecular weight excluding hydrogens is 216 g/mol. The monoisotopic (exact) mass is 230 g/mol. The van der Waals surface area contributed by atoms with Gasteiger partial charge in [0.25, 0.3) is 0 Å². The van der Waals surface area contributed by atoms with E-state index in [0.29, 0.717) is 6.61 Å². The molecule has 0 unspecified atom stereocenters. The van der Waals surface area contributed by atoms with Crippen molar-refractivity contribution in [2.24, 2.45) is 0 Å². The van der Waals surface area contributed by atoms with Crippen molar-refractivity contribution in [2.45, 2.75) is 12.4 Å². The Labute approximate surface area is 100 Å². The lowest BCUT2D eigenvalue weighted by molar-refractivity contribution is -0.162. The standard InChI is InChI=1S/C14H14O3/c1-16-14(9-7-13(15)8-10-14)17-11-12-5-3-2-4-6-12/h2-10H,11H2,1H3. The highest BCUT2D eigenvalue weighted by Gasteiger charge is 2.27. The van der Waals surface area contributed by atoms with Crippen LogP contribution in [-0.2, 0) is 20.9 Å². The van der Waals surface area contributed by atoms with E-state index in [1.807, 2.05) is 30.3 Å². The van der Waals surface area contributed by atoms with Crippen LogP contribution in [0.1, 0.15) is 5.56 Å². The van der Waals surface area contributed by atoms with E-state index in [4.69, 9.17) is 9.47 Å². The summed E-state index contributed by atoms with van der Waals surface area (Å²) in [5.74, 6) is -0.981. The largest absolute Gasteiger partial charge is 0.346 e. The Kier molecular flexibility index (Phi) is 3.52. The summed E-state index contributed by atoms with van der Waals surface area (Å²) in [7, 11) is 1.55. The average molecular weight is 230 g/mol. The highest BCUT2D eigenvalue weighted by molar-refractivity contribution is 6.00. The van der Waals surface area contributed by atoms with Crippen molar-refractivity contribution in [3.8, 4) is 0 Å². The van der Waals surface area contributed by atoms with Gasteiger partial charge < -0.3 is 9.47 Å². The molecule has 2 rings (SSSR count). The highest BCUT2D eigenvalue weighted by Crippen LogP contribution is 2.21. The van der Waals surface area contributed by atoms with E-state index in [-0.39, 0.29) is 5.78 Å². The van der Waals surface area contributed by atoms with Gasteiger partial charge in [0.05, 0.1) is 6.61 Å². The summed E-state index contributed by atoms with van der Waals surface area (Å²) in [4.78, 5) is 11.1. The van der Waals surface area contributed by atoms with E-state index in [0.717, 1.165) is 5.56 Å². The fourth-order valence-corrected chi connectivity index (χ4v) is 1.57. The summed E-state index contributed by atoms with van der Waals surface area (Å²) in [6.45, 7) is 0.428. The van der Waals surface area contributed by atoms with Gasteiger partial charge in [-0.05, 0) is 29.9 Å². The third kappa shape index (κ3) is 2.90. The lowest BCUT2D eigenvalue weighted by Gasteiger charge is -2.27. The van der Waals surface area contributed by atoms with Gasteiger partial charge in [0, 0.05) is 7.11 Å². The Morgan fingerprint density at radius 3 is 2.35 bits per heavy atom. The number of rotatable bonds is 4. The van der Waals surface area contributed by atoms with Crippen molar-refractivity contribution in [1.29, 1.82) is 0 Å². The van der Waals surface area contributed by atoms with Gasteiger partial charge in [-0.2, -0.15) is 0 Å². The van der Waals surface area contributed by atoms with Gasteiger partial charge >= 0.3 is 0 Å². The van der Waals surface area contributed by atoms with Crippen LogP contribution in [0.15, 0.2) is 54.6 Å². The smallest absolute Gasteiger partial charge is 0.208 e. The minimum atomic E-state index is -0.927. The van der Waals surface area contributed by atoms with Crippen LogP contribution in [0.25, 0.3) is 0 Å². The molecule has 0 atom stereocenters. The molecule has 0 bridgehead atoms. The van der Waals surface area contributed by atoms with Crippen LogP contribution >= 0.6 is 0 Å². The average Bonchev–Trinajstić information content (AvgIpc) is 2.40. The lowest BCUT2D eigenvalue weighted by Crippen LogP contribution is -2.32. The first kappa shape index (κ1) is 11.8. The molecule has 0 heterocycles. The Balaban J connectivity index is 2.04. The zero-order valence-electron chi connectivity index (χ0n) is 9.63. The van der Waals surface area contributed by atoms with E-state index in [9.17, 15) is 4.79 Å². The molecule has 0 radical (unpaired) electrons. The van der Waals surface area contributed by atoms with E-state index < -0.39 is 5.79 Å². The SMILES string of the molecule is COC1(OCc2ccccc2)C=CC(=O)C=C1. The normalized spacial score (nSPS) is 17.4. The Morgan fingerprint density at radius 2 is 1.76 bits per heavy atom. The second-order valence-corrected chi connectivity index (χ2v) is 3.77. The lowest BCUT2D eigenvalue weighted by atomic mass is 10.1. The van der Waals surface area contributed by atoms with Gasteiger partial charge in [0.2, 0.25) is 5.79 Å². The van der Waals surface area contributed by atoms with Gasteiger partial charge in [-0.15, -0.1) is 0 Å². The van der Waals surface area contributed by atoms with Crippen LogP contribution < -0.4 is 0 Å². The fourth-order valence-electron chi connectivity index (χ4n) is 1.57. The molecule has 17 heavy (non-hydrogen) atoms. The van der Waals surface area contributed by atoms with Crippen LogP contribution in [0, 0.1) is 0 Å². The van der Waals surface area contributed by atoms with E-state index in [1.165, 1.54) is 12.2 Å². The molecule has 1 aliphatic rings. The van der Waals surface area contributed by atoms with E-state index in [1.54, 1.807) is 19.3 Å². The zero-order valence-corrected chi connectivity index (χ0v) is 9.63. The number of allylic oxidation sites excluding steroid dienone is 2. The minimum Gasteiger partial charge on any atom is -0.346 e. The van der Waals surface area contributed by atoms with Crippen LogP contribution in [0.2, 0.25) is 0 Å². The summed E-state index contributed by atoms with van der Waals surface area (Å²) < 4.78 is 11.0. The van der Waals surface area contributed by atoms with Gasteiger partial charge in [0.1, 0.15) is 0 Å². The van der Waals surface area contributed by atoms with Crippen molar-refractivity contribution < 1.29 is 14.3 Å². The molecule has 0 saturated heterocycles. The molecule has 0 fully saturated rings. The number of ether oxygens (including phenoxy) is 2. The van der Waals surface area contributed by atoms with Crippen LogP contribution in [-0.4, -0.2) is 18.7 Å².